The molecule has 3 heterocycles. The summed E-state index contributed by atoms with van der Waals surface area (Å²) in [5.41, 5.74) is 3.79. The van der Waals surface area contributed by atoms with E-state index in [1.807, 2.05) is 67.6 Å². The number of nitrogens with one attached hydrogen (secondary N) is 1. The summed E-state index contributed by atoms with van der Waals surface area (Å²) in [5.74, 6) is 1.34. The molecule has 0 bridgehead atoms. The van der Waals surface area contributed by atoms with Gasteiger partial charge in [-0.25, -0.2) is 4.40 Å². The van der Waals surface area contributed by atoms with E-state index in [2.05, 4.69) is 25.3 Å². The number of aromatic nitrogens is 7. The molecule has 0 saturated heterocycles. The molecule has 0 atom stereocenters. The topological polar surface area (TPSA) is 93.8 Å². The smallest absolute Gasteiger partial charge is 0.243 e. The average Bonchev–Trinajstić information content (AvgIpc) is 3.39. The van der Waals surface area contributed by atoms with Crippen LogP contribution >= 0.6 is 12.2 Å². The fourth-order valence-electron chi connectivity index (χ4n) is 3.38. The summed E-state index contributed by atoms with van der Waals surface area (Å²) in [7, 11) is 0. The largest absolute Gasteiger partial charge is 0.291 e. The van der Waals surface area contributed by atoms with Crippen molar-refractivity contribution in [2.24, 2.45) is 0 Å². The van der Waals surface area contributed by atoms with Crippen LogP contribution in [0.2, 0.25) is 0 Å². The number of benzene rings is 2. The Kier molecular flexibility index (Phi) is 4.52. The van der Waals surface area contributed by atoms with Crippen LogP contribution in [0.15, 0.2) is 60.7 Å². The lowest BCUT2D eigenvalue weighted by Gasteiger charge is -2.05. The highest BCUT2D eigenvalue weighted by molar-refractivity contribution is 7.71. The maximum Gasteiger partial charge on any atom is 0.243 e. The molecule has 3 aromatic heterocycles. The van der Waals surface area contributed by atoms with E-state index in [0.717, 1.165) is 16.8 Å². The van der Waals surface area contributed by atoms with Crippen LogP contribution in [-0.2, 0) is 0 Å². The van der Waals surface area contributed by atoms with Crippen LogP contribution in [0, 0.1) is 11.7 Å². The lowest BCUT2D eigenvalue weighted by molar-refractivity contribution is 0.100. The van der Waals surface area contributed by atoms with Crippen molar-refractivity contribution in [3.8, 4) is 28.5 Å². The Bertz CT molecular complexity index is 1480. The molecule has 0 saturated carbocycles. The number of nitrogens with zero attached hydrogens (tertiary/aromatic N) is 6. The zero-order valence-electron chi connectivity index (χ0n) is 16.8. The number of ketones is 1. The second-order valence-corrected chi connectivity index (χ2v) is 7.49. The fraction of sp³-hybridized carbons (Fsp3) is 0.0909. The maximum absolute atomic E-state index is 12.4. The third-order valence-electron chi connectivity index (χ3n) is 4.90. The summed E-state index contributed by atoms with van der Waals surface area (Å²) < 4.78 is 3.28. The number of carbonyl (C=O) groups excluding carboxylic acids is 1. The second-order valence-electron chi connectivity index (χ2n) is 7.13. The van der Waals surface area contributed by atoms with Gasteiger partial charge in [-0.3, -0.25) is 9.89 Å². The molecule has 0 amide bonds. The third kappa shape index (κ3) is 3.34. The van der Waals surface area contributed by atoms with Gasteiger partial charge >= 0.3 is 0 Å². The van der Waals surface area contributed by atoms with Gasteiger partial charge < -0.3 is 0 Å². The van der Waals surface area contributed by atoms with Crippen molar-refractivity contribution in [2.75, 3.05) is 0 Å². The monoisotopic (exact) mass is 427 g/mol. The van der Waals surface area contributed by atoms with E-state index in [1.54, 1.807) is 4.40 Å². The molecule has 5 aromatic rings. The summed E-state index contributed by atoms with van der Waals surface area (Å²) >= 11 is 5.32. The number of hydrogen-bond acceptors (Lipinski definition) is 6. The van der Waals surface area contributed by atoms with E-state index < -0.39 is 0 Å². The number of aryl methyl sites for hydroxylation is 1. The van der Waals surface area contributed by atoms with Crippen molar-refractivity contribution in [1.82, 2.24) is 34.3 Å². The second kappa shape index (κ2) is 7.37. The van der Waals surface area contributed by atoms with Gasteiger partial charge in [0.15, 0.2) is 17.4 Å². The summed E-state index contributed by atoms with van der Waals surface area (Å²) in [4.78, 5) is 21.2. The van der Waals surface area contributed by atoms with Gasteiger partial charge in [0.25, 0.3) is 0 Å². The predicted octanol–water partition coefficient (Wildman–Crippen LogP) is 4.21. The Hall–Kier alpha value is -3.98. The number of aromatic amines is 1. The zero-order chi connectivity index (χ0) is 21.5. The highest BCUT2D eigenvalue weighted by Gasteiger charge is 2.21. The average molecular weight is 427 g/mol. The van der Waals surface area contributed by atoms with Crippen LogP contribution in [0.25, 0.3) is 34.2 Å². The van der Waals surface area contributed by atoms with Crippen LogP contribution in [0.5, 0.6) is 0 Å². The molecule has 0 aliphatic heterocycles. The zero-order valence-corrected chi connectivity index (χ0v) is 17.6. The molecular formula is C22H17N7OS. The molecule has 31 heavy (non-hydrogen) atoms. The van der Waals surface area contributed by atoms with E-state index >= 15 is 0 Å². The molecule has 0 unspecified atom stereocenters. The molecule has 2 aromatic carbocycles. The minimum atomic E-state index is -0.221. The Labute approximate surface area is 182 Å². The van der Waals surface area contributed by atoms with Gasteiger partial charge in [-0.1, -0.05) is 60.2 Å². The molecule has 0 aliphatic rings. The Morgan fingerprint density at radius 3 is 2.45 bits per heavy atom. The van der Waals surface area contributed by atoms with Gasteiger partial charge in [-0.05, 0) is 24.7 Å². The number of fused-ring (bicyclic) bond motifs is 1. The maximum atomic E-state index is 12.4. The first kappa shape index (κ1) is 19.0. The molecule has 0 aliphatic carbocycles. The van der Waals surface area contributed by atoms with Crippen molar-refractivity contribution < 1.29 is 4.79 Å². The fourth-order valence-corrected chi connectivity index (χ4v) is 3.55. The summed E-state index contributed by atoms with van der Waals surface area (Å²) in [6, 6.07) is 19.4. The predicted molar refractivity (Wildman–Crippen MR) is 119 cm³/mol. The Morgan fingerprint density at radius 2 is 1.74 bits per heavy atom. The van der Waals surface area contributed by atoms with Gasteiger partial charge in [-0.2, -0.15) is 19.7 Å². The van der Waals surface area contributed by atoms with Gasteiger partial charge in [0.05, 0.1) is 5.69 Å². The SMILES string of the molecule is CC(=O)c1nn(-c2cc(-c3ccc(C)cc3)[nH]n2)c2nc(=S)nc(-c3ccccc3)n12. The molecule has 9 heteroatoms. The van der Waals surface area contributed by atoms with E-state index in [1.165, 1.54) is 17.2 Å². The number of Topliss-reactive ketones (excluding diaryl/α,β-unsaturated/α-hetero) is 1. The first-order valence-corrected chi connectivity index (χ1v) is 10.0. The molecule has 0 radical (unpaired) electrons. The van der Waals surface area contributed by atoms with Crippen molar-refractivity contribution in [3.63, 3.8) is 0 Å². The van der Waals surface area contributed by atoms with Crippen molar-refractivity contribution in [3.05, 3.63) is 76.8 Å². The number of H-pyrrole nitrogens is 1. The summed E-state index contributed by atoms with van der Waals surface area (Å²) in [5, 5.41) is 11.9. The Balaban J connectivity index is 1.74. The first-order valence-electron chi connectivity index (χ1n) is 9.60. The normalized spacial score (nSPS) is 11.2. The molecular weight excluding hydrogens is 410 g/mol. The molecule has 1 N–H and O–H groups in total. The quantitative estimate of drug-likeness (QED) is 0.341. The first-order chi connectivity index (χ1) is 15.0. The molecule has 152 valence electrons. The third-order valence-corrected chi connectivity index (χ3v) is 5.08. The minimum Gasteiger partial charge on any atom is -0.291 e. The number of carbonyl (C=O) groups is 1. The standard InChI is InChI=1S/C22H17N7OS/c1-13-8-10-15(11-9-13)17-12-18(26-25-17)29-22-24-21(31)23-20(16-6-4-3-5-7-16)28(22)19(27-29)14(2)30/h3-12H,1-2H3,(H,25,26). The summed E-state index contributed by atoms with van der Waals surface area (Å²) in [6.07, 6.45) is 0. The van der Waals surface area contributed by atoms with E-state index in [9.17, 15) is 4.79 Å². The van der Waals surface area contributed by atoms with Crippen LogP contribution in [0.4, 0.5) is 0 Å². The molecule has 8 nitrogen and oxygen atoms in total. The van der Waals surface area contributed by atoms with Gasteiger partial charge in [0, 0.05) is 18.6 Å². The minimum absolute atomic E-state index is 0.157. The Morgan fingerprint density at radius 1 is 1.00 bits per heavy atom. The summed E-state index contributed by atoms with van der Waals surface area (Å²) in [6.45, 7) is 3.49. The van der Waals surface area contributed by atoms with Crippen LogP contribution < -0.4 is 0 Å². The number of hydrogen-bond donors (Lipinski definition) is 1. The lowest BCUT2D eigenvalue weighted by atomic mass is 10.1. The highest BCUT2D eigenvalue weighted by Crippen LogP contribution is 2.24. The van der Waals surface area contributed by atoms with Crippen molar-refractivity contribution in [2.45, 2.75) is 13.8 Å². The molecule has 0 fully saturated rings. The van der Waals surface area contributed by atoms with Crippen LogP contribution in [0.3, 0.4) is 0 Å². The van der Waals surface area contributed by atoms with Gasteiger partial charge in [0.1, 0.15) is 0 Å². The van der Waals surface area contributed by atoms with E-state index in [4.69, 9.17) is 12.2 Å². The highest BCUT2D eigenvalue weighted by atomic mass is 32.1. The molecule has 0 spiro atoms. The van der Waals surface area contributed by atoms with E-state index in [-0.39, 0.29) is 16.4 Å². The van der Waals surface area contributed by atoms with Crippen LogP contribution in [-0.4, -0.2) is 40.1 Å². The van der Waals surface area contributed by atoms with E-state index in [0.29, 0.717) is 17.4 Å². The van der Waals surface area contributed by atoms with Gasteiger partial charge in [0.2, 0.25) is 16.4 Å². The van der Waals surface area contributed by atoms with Crippen molar-refractivity contribution >= 4 is 23.8 Å². The lowest BCUT2D eigenvalue weighted by Crippen LogP contribution is -2.06. The van der Waals surface area contributed by atoms with Crippen molar-refractivity contribution in [1.29, 1.82) is 0 Å². The number of rotatable bonds is 4. The van der Waals surface area contributed by atoms with Gasteiger partial charge in [-0.15, -0.1) is 5.10 Å². The van der Waals surface area contributed by atoms with Crippen LogP contribution in [0.1, 0.15) is 23.1 Å². The molecule has 5 rings (SSSR count).